The number of esters is 1. The molecule has 0 radical (unpaired) electrons. The van der Waals surface area contributed by atoms with Crippen LogP contribution in [0.1, 0.15) is 10.4 Å². The lowest BCUT2D eigenvalue weighted by molar-refractivity contribution is 0.0602. The van der Waals surface area contributed by atoms with Crippen molar-refractivity contribution in [1.82, 2.24) is 4.98 Å². The predicted molar refractivity (Wildman–Crippen MR) is 76.3 cm³/mol. The number of nitrogens with zero attached hydrogens (tertiary/aromatic N) is 1. The predicted octanol–water partition coefficient (Wildman–Crippen LogP) is 2.20. The molecule has 1 heterocycles. The van der Waals surface area contributed by atoms with Gasteiger partial charge in [-0.05, 0) is 18.2 Å². The summed E-state index contributed by atoms with van der Waals surface area (Å²) in [6.07, 6.45) is 1.61. The zero-order valence-corrected chi connectivity index (χ0v) is 11.2. The third kappa shape index (κ3) is 2.80. The van der Waals surface area contributed by atoms with Crippen LogP contribution in [0.5, 0.6) is 5.88 Å². The molecule has 0 amide bonds. The number of nitrogen functional groups attached to an aromatic ring is 1. The first-order valence-corrected chi connectivity index (χ1v) is 5.89. The Hall–Kier alpha value is -2.76. The molecule has 20 heavy (non-hydrogen) atoms. The van der Waals surface area contributed by atoms with Crippen molar-refractivity contribution in [3.05, 3.63) is 42.1 Å². The van der Waals surface area contributed by atoms with E-state index in [1.807, 2.05) is 0 Å². The second-order valence-corrected chi connectivity index (χ2v) is 3.97. The van der Waals surface area contributed by atoms with E-state index in [1.165, 1.54) is 7.11 Å². The molecule has 0 spiro atoms. The summed E-state index contributed by atoms with van der Waals surface area (Å²) in [5, 5.41) is 3.09. The number of rotatable bonds is 4. The molecule has 104 valence electrons. The van der Waals surface area contributed by atoms with Crippen molar-refractivity contribution in [2.75, 3.05) is 25.3 Å². The van der Waals surface area contributed by atoms with Crippen molar-refractivity contribution in [2.45, 2.75) is 0 Å². The van der Waals surface area contributed by atoms with E-state index in [0.29, 0.717) is 22.8 Å². The monoisotopic (exact) mass is 273 g/mol. The van der Waals surface area contributed by atoms with Crippen LogP contribution in [0.4, 0.5) is 17.1 Å². The van der Waals surface area contributed by atoms with E-state index >= 15 is 0 Å². The number of hydrogen-bond acceptors (Lipinski definition) is 6. The van der Waals surface area contributed by atoms with Crippen molar-refractivity contribution >= 4 is 23.0 Å². The Bertz CT molecular complexity index is 612. The van der Waals surface area contributed by atoms with Crippen molar-refractivity contribution in [3.8, 4) is 5.88 Å². The molecule has 0 saturated carbocycles. The molecule has 0 fully saturated rings. The van der Waals surface area contributed by atoms with Crippen LogP contribution in [0.25, 0.3) is 0 Å². The maximum Gasteiger partial charge on any atom is 0.340 e. The van der Waals surface area contributed by atoms with Crippen molar-refractivity contribution in [2.24, 2.45) is 0 Å². The molecule has 0 aliphatic rings. The highest BCUT2D eigenvalue weighted by Gasteiger charge is 2.12. The summed E-state index contributed by atoms with van der Waals surface area (Å²) < 4.78 is 9.66. The molecular weight excluding hydrogens is 258 g/mol. The largest absolute Gasteiger partial charge is 0.481 e. The molecule has 3 N–H and O–H groups in total. The molecular formula is C14H15N3O3. The minimum atomic E-state index is -0.473. The van der Waals surface area contributed by atoms with Gasteiger partial charge in [-0.3, -0.25) is 0 Å². The van der Waals surface area contributed by atoms with Gasteiger partial charge in [-0.1, -0.05) is 6.07 Å². The molecule has 0 unspecified atom stereocenters. The molecule has 0 saturated heterocycles. The van der Waals surface area contributed by atoms with Gasteiger partial charge in [0, 0.05) is 6.07 Å². The molecule has 6 heteroatoms. The van der Waals surface area contributed by atoms with Gasteiger partial charge in [0.05, 0.1) is 43.0 Å². The third-order valence-electron chi connectivity index (χ3n) is 2.74. The zero-order valence-electron chi connectivity index (χ0n) is 11.2. The summed E-state index contributed by atoms with van der Waals surface area (Å²) in [5.74, 6) is 0.0471. The second-order valence-electron chi connectivity index (χ2n) is 3.97. The van der Waals surface area contributed by atoms with Crippen LogP contribution in [0, 0.1) is 0 Å². The topological polar surface area (TPSA) is 86.5 Å². The minimum Gasteiger partial charge on any atom is -0.481 e. The Morgan fingerprint density at radius 2 is 2.05 bits per heavy atom. The fourth-order valence-corrected chi connectivity index (χ4v) is 1.69. The van der Waals surface area contributed by atoms with Gasteiger partial charge in [-0.15, -0.1) is 0 Å². The fourth-order valence-electron chi connectivity index (χ4n) is 1.69. The summed E-state index contributed by atoms with van der Waals surface area (Å²) in [7, 11) is 2.86. The van der Waals surface area contributed by atoms with Gasteiger partial charge in [0.15, 0.2) is 0 Å². The van der Waals surface area contributed by atoms with Crippen molar-refractivity contribution < 1.29 is 14.3 Å². The highest BCUT2D eigenvalue weighted by Crippen LogP contribution is 2.26. The smallest absolute Gasteiger partial charge is 0.340 e. The van der Waals surface area contributed by atoms with Crippen LogP contribution in [0.15, 0.2) is 36.5 Å². The number of benzene rings is 1. The van der Waals surface area contributed by atoms with Crippen molar-refractivity contribution in [3.63, 3.8) is 0 Å². The number of nitrogens with one attached hydrogen (secondary N) is 1. The van der Waals surface area contributed by atoms with Crippen LogP contribution in [-0.2, 0) is 4.74 Å². The number of carbonyl (C=O) groups is 1. The molecule has 6 nitrogen and oxygen atoms in total. The Kier molecular flexibility index (Phi) is 4.05. The minimum absolute atomic E-state index is 0.318. The number of pyridine rings is 1. The van der Waals surface area contributed by atoms with E-state index in [9.17, 15) is 4.79 Å². The van der Waals surface area contributed by atoms with Gasteiger partial charge in [-0.25, -0.2) is 9.78 Å². The molecule has 1 aromatic heterocycles. The Morgan fingerprint density at radius 1 is 1.25 bits per heavy atom. The second kappa shape index (κ2) is 5.92. The van der Waals surface area contributed by atoms with E-state index < -0.39 is 5.97 Å². The highest BCUT2D eigenvalue weighted by atomic mass is 16.5. The summed E-state index contributed by atoms with van der Waals surface area (Å²) in [6, 6.07) is 8.63. The number of aromatic nitrogens is 1. The van der Waals surface area contributed by atoms with E-state index in [2.05, 4.69) is 15.0 Å². The molecule has 0 atom stereocenters. The first-order valence-electron chi connectivity index (χ1n) is 5.89. The lowest BCUT2D eigenvalue weighted by Crippen LogP contribution is -2.07. The number of anilines is 3. The summed E-state index contributed by atoms with van der Waals surface area (Å²) >= 11 is 0. The first kappa shape index (κ1) is 13.7. The van der Waals surface area contributed by atoms with Crippen LogP contribution in [0.3, 0.4) is 0 Å². The number of nitrogens with two attached hydrogens (primary N) is 1. The van der Waals surface area contributed by atoms with E-state index in [0.717, 1.165) is 5.69 Å². The molecule has 0 aliphatic heterocycles. The van der Waals surface area contributed by atoms with Crippen LogP contribution >= 0.6 is 0 Å². The van der Waals surface area contributed by atoms with Gasteiger partial charge in [0.2, 0.25) is 5.88 Å². The Balaban J connectivity index is 2.26. The summed E-state index contributed by atoms with van der Waals surface area (Å²) in [5.41, 5.74) is 7.95. The summed E-state index contributed by atoms with van der Waals surface area (Å²) in [4.78, 5) is 15.6. The van der Waals surface area contributed by atoms with Crippen molar-refractivity contribution in [1.29, 1.82) is 0 Å². The SMILES string of the molecule is COC(=O)c1cccc(Nc2ccc(OC)nc2)c1N. The van der Waals surface area contributed by atoms with Crippen LogP contribution in [-0.4, -0.2) is 25.2 Å². The summed E-state index contributed by atoms with van der Waals surface area (Å²) in [6.45, 7) is 0. The number of methoxy groups -OCH3 is 2. The van der Waals surface area contributed by atoms with Gasteiger partial charge in [0.25, 0.3) is 0 Å². The average Bonchev–Trinajstić information content (AvgIpc) is 2.49. The molecule has 0 aliphatic carbocycles. The maximum atomic E-state index is 11.6. The third-order valence-corrected chi connectivity index (χ3v) is 2.74. The molecule has 2 aromatic rings. The first-order chi connectivity index (χ1) is 9.65. The average molecular weight is 273 g/mol. The highest BCUT2D eigenvalue weighted by molar-refractivity contribution is 5.98. The van der Waals surface area contributed by atoms with Gasteiger partial charge in [-0.2, -0.15) is 0 Å². The number of hydrogen-bond donors (Lipinski definition) is 2. The van der Waals surface area contributed by atoms with E-state index in [1.54, 1.807) is 43.6 Å². The fraction of sp³-hybridized carbons (Fsp3) is 0.143. The number of carbonyl (C=O) groups excluding carboxylic acids is 1. The van der Waals surface area contributed by atoms with Crippen LogP contribution in [0.2, 0.25) is 0 Å². The number of para-hydroxylation sites is 1. The van der Waals surface area contributed by atoms with Gasteiger partial charge in [0.1, 0.15) is 0 Å². The standard InChI is InChI=1S/C14H15N3O3/c1-19-12-7-6-9(8-16-12)17-11-5-3-4-10(13(11)15)14(18)20-2/h3-8,17H,15H2,1-2H3. The Morgan fingerprint density at radius 3 is 2.65 bits per heavy atom. The normalized spacial score (nSPS) is 9.90. The molecule has 0 bridgehead atoms. The number of ether oxygens (including phenoxy) is 2. The van der Waals surface area contributed by atoms with Crippen LogP contribution < -0.4 is 15.8 Å². The lowest BCUT2D eigenvalue weighted by Gasteiger charge is -2.12. The van der Waals surface area contributed by atoms with Gasteiger partial charge >= 0.3 is 5.97 Å². The van der Waals surface area contributed by atoms with E-state index in [4.69, 9.17) is 10.5 Å². The quantitative estimate of drug-likeness (QED) is 0.656. The lowest BCUT2D eigenvalue weighted by atomic mass is 10.1. The molecule has 1 aromatic carbocycles. The molecule has 2 rings (SSSR count). The zero-order chi connectivity index (χ0) is 14.5. The Labute approximate surface area is 116 Å². The van der Waals surface area contributed by atoms with E-state index in [-0.39, 0.29) is 0 Å². The maximum absolute atomic E-state index is 11.6. The van der Waals surface area contributed by atoms with Gasteiger partial charge < -0.3 is 20.5 Å².